The van der Waals surface area contributed by atoms with E-state index in [1.54, 1.807) is 6.07 Å². The largest absolute Gasteiger partial charge is 0.368 e. The lowest BCUT2D eigenvalue weighted by Gasteiger charge is -2.21. The molecule has 0 amide bonds. The second-order valence-electron chi connectivity index (χ2n) is 5.73. The van der Waals surface area contributed by atoms with E-state index in [1.165, 1.54) is 0 Å². The number of fused-ring (bicyclic) bond motifs is 2. The zero-order chi connectivity index (χ0) is 12.8. The Labute approximate surface area is 112 Å². The van der Waals surface area contributed by atoms with E-state index in [0.717, 1.165) is 42.6 Å². The van der Waals surface area contributed by atoms with Crippen LogP contribution in [0.3, 0.4) is 0 Å². The van der Waals surface area contributed by atoms with Crippen LogP contribution in [0.25, 0.3) is 10.8 Å². The molecule has 0 radical (unpaired) electrons. The Bertz CT molecular complexity index is 613. The van der Waals surface area contributed by atoms with Crippen molar-refractivity contribution in [1.82, 2.24) is 5.32 Å². The van der Waals surface area contributed by atoms with Crippen LogP contribution in [0.4, 0.5) is 10.1 Å². The molecule has 0 spiro atoms. The lowest BCUT2D eigenvalue weighted by atomic mass is 10.0. The van der Waals surface area contributed by atoms with Gasteiger partial charge in [-0.25, -0.2) is 4.39 Å². The van der Waals surface area contributed by atoms with Crippen LogP contribution >= 0.6 is 0 Å². The molecule has 3 heteroatoms. The maximum atomic E-state index is 14.3. The Balaban J connectivity index is 1.73. The highest BCUT2D eigenvalue weighted by Gasteiger charge is 2.36. The van der Waals surface area contributed by atoms with Crippen LogP contribution in [0.5, 0.6) is 0 Å². The summed E-state index contributed by atoms with van der Waals surface area (Å²) in [6, 6.07) is 11.6. The highest BCUT2D eigenvalue weighted by molar-refractivity contribution is 5.86. The maximum Gasteiger partial charge on any atom is 0.147 e. The average molecular weight is 256 g/mol. The van der Waals surface area contributed by atoms with E-state index in [2.05, 4.69) is 16.3 Å². The Morgan fingerprint density at radius 3 is 2.32 bits per heavy atom. The highest BCUT2D eigenvalue weighted by atomic mass is 19.1. The molecule has 2 saturated heterocycles. The number of rotatable bonds is 1. The zero-order valence-electron chi connectivity index (χ0n) is 10.8. The third kappa shape index (κ3) is 1.80. The summed E-state index contributed by atoms with van der Waals surface area (Å²) < 4.78 is 14.3. The summed E-state index contributed by atoms with van der Waals surface area (Å²) in [5.74, 6) is 1.28. The van der Waals surface area contributed by atoms with E-state index in [9.17, 15) is 4.39 Å². The molecule has 0 bridgehead atoms. The van der Waals surface area contributed by atoms with Crippen LogP contribution in [0.2, 0.25) is 0 Å². The van der Waals surface area contributed by atoms with Gasteiger partial charge in [-0.1, -0.05) is 24.3 Å². The number of hydrogen-bond donors (Lipinski definition) is 1. The summed E-state index contributed by atoms with van der Waals surface area (Å²) in [5.41, 5.74) is 0.771. The SMILES string of the molecule is Fc1cc2ccccc2cc1N1CC2CNCC2C1. The van der Waals surface area contributed by atoms with Gasteiger partial charge < -0.3 is 10.2 Å². The predicted molar refractivity (Wildman–Crippen MR) is 76.0 cm³/mol. The summed E-state index contributed by atoms with van der Waals surface area (Å²) in [7, 11) is 0. The van der Waals surface area contributed by atoms with Gasteiger partial charge in [0.15, 0.2) is 0 Å². The first-order chi connectivity index (χ1) is 9.31. The molecule has 2 heterocycles. The molecule has 1 N–H and O–H groups in total. The van der Waals surface area contributed by atoms with Crippen LogP contribution in [-0.4, -0.2) is 26.2 Å². The van der Waals surface area contributed by atoms with Crippen molar-refractivity contribution in [3.8, 4) is 0 Å². The van der Waals surface area contributed by atoms with Crippen molar-refractivity contribution in [1.29, 1.82) is 0 Å². The molecule has 2 nitrogen and oxygen atoms in total. The summed E-state index contributed by atoms with van der Waals surface area (Å²) in [5, 5.41) is 5.52. The van der Waals surface area contributed by atoms with Crippen LogP contribution in [0.15, 0.2) is 36.4 Å². The van der Waals surface area contributed by atoms with Crippen molar-refractivity contribution in [2.24, 2.45) is 11.8 Å². The van der Waals surface area contributed by atoms with Crippen molar-refractivity contribution in [3.63, 3.8) is 0 Å². The van der Waals surface area contributed by atoms with Crippen molar-refractivity contribution in [2.75, 3.05) is 31.1 Å². The maximum absolute atomic E-state index is 14.3. The minimum absolute atomic E-state index is 0.0911. The third-order valence-corrected chi connectivity index (χ3v) is 4.55. The van der Waals surface area contributed by atoms with Crippen LogP contribution < -0.4 is 10.2 Å². The van der Waals surface area contributed by atoms with Crippen molar-refractivity contribution in [2.45, 2.75) is 0 Å². The molecule has 19 heavy (non-hydrogen) atoms. The van der Waals surface area contributed by atoms with Crippen LogP contribution in [0.1, 0.15) is 0 Å². The fourth-order valence-electron chi connectivity index (χ4n) is 3.49. The first kappa shape index (κ1) is 11.2. The van der Waals surface area contributed by atoms with Crippen molar-refractivity contribution in [3.05, 3.63) is 42.2 Å². The number of anilines is 1. The van der Waals surface area contributed by atoms with E-state index in [4.69, 9.17) is 0 Å². The molecule has 4 rings (SSSR count). The molecule has 2 unspecified atom stereocenters. The standard InChI is InChI=1S/C16H17FN2/c17-15-5-11-3-1-2-4-12(11)6-16(15)19-9-13-7-18-8-14(13)10-19/h1-6,13-14,18H,7-10H2. The second kappa shape index (κ2) is 4.20. The molecule has 2 aromatic rings. The minimum atomic E-state index is -0.0911. The normalized spacial score (nSPS) is 26.1. The fraction of sp³-hybridized carbons (Fsp3) is 0.375. The van der Waals surface area contributed by atoms with Gasteiger partial charge in [-0.2, -0.15) is 0 Å². The van der Waals surface area contributed by atoms with E-state index >= 15 is 0 Å². The topological polar surface area (TPSA) is 15.3 Å². The quantitative estimate of drug-likeness (QED) is 0.844. The Morgan fingerprint density at radius 1 is 1.00 bits per heavy atom. The van der Waals surface area contributed by atoms with Crippen LogP contribution in [0, 0.1) is 17.7 Å². The Morgan fingerprint density at radius 2 is 1.63 bits per heavy atom. The molecular formula is C16H17FN2. The van der Waals surface area contributed by atoms with Gasteiger partial charge >= 0.3 is 0 Å². The fourth-order valence-corrected chi connectivity index (χ4v) is 3.49. The molecule has 2 aliphatic heterocycles. The summed E-state index contributed by atoms with van der Waals surface area (Å²) in [6.45, 7) is 4.12. The molecule has 2 atom stereocenters. The second-order valence-corrected chi connectivity index (χ2v) is 5.73. The molecule has 98 valence electrons. The van der Waals surface area contributed by atoms with Gasteiger partial charge in [0.2, 0.25) is 0 Å². The third-order valence-electron chi connectivity index (χ3n) is 4.55. The number of benzene rings is 2. The number of nitrogens with one attached hydrogen (secondary N) is 1. The average Bonchev–Trinajstić information content (AvgIpc) is 2.98. The van der Waals surface area contributed by atoms with Gasteiger partial charge in [-0.05, 0) is 34.7 Å². The molecule has 2 aliphatic rings. The molecule has 0 aromatic heterocycles. The minimum Gasteiger partial charge on any atom is -0.368 e. The molecular weight excluding hydrogens is 239 g/mol. The van der Waals surface area contributed by atoms with E-state index < -0.39 is 0 Å². The Kier molecular flexibility index (Phi) is 2.49. The van der Waals surface area contributed by atoms with Crippen molar-refractivity contribution < 1.29 is 4.39 Å². The summed E-state index contributed by atoms with van der Waals surface area (Å²) >= 11 is 0. The van der Waals surface area contributed by atoms with Gasteiger partial charge in [-0.3, -0.25) is 0 Å². The first-order valence-corrected chi connectivity index (χ1v) is 6.95. The zero-order valence-corrected chi connectivity index (χ0v) is 10.8. The van der Waals surface area contributed by atoms with Gasteiger partial charge in [-0.15, -0.1) is 0 Å². The monoisotopic (exact) mass is 256 g/mol. The number of hydrogen-bond acceptors (Lipinski definition) is 2. The van der Waals surface area contributed by atoms with E-state index in [0.29, 0.717) is 11.8 Å². The lowest BCUT2D eigenvalue weighted by Crippen LogP contribution is -2.26. The van der Waals surface area contributed by atoms with Gasteiger partial charge in [0.25, 0.3) is 0 Å². The number of nitrogens with zero attached hydrogens (tertiary/aromatic N) is 1. The predicted octanol–water partition coefficient (Wildman–Crippen LogP) is 2.63. The lowest BCUT2D eigenvalue weighted by molar-refractivity contribution is 0.533. The molecule has 0 aliphatic carbocycles. The van der Waals surface area contributed by atoms with Crippen LogP contribution in [-0.2, 0) is 0 Å². The molecule has 0 saturated carbocycles. The summed E-state index contributed by atoms with van der Waals surface area (Å²) in [6.07, 6.45) is 0. The van der Waals surface area contributed by atoms with E-state index in [1.807, 2.05) is 24.3 Å². The molecule has 2 fully saturated rings. The van der Waals surface area contributed by atoms with Gasteiger partial charge in [0, 0.05) is 26.2 Å². The van der Waals surface area contributed by atoms with Crippen molar-refractivity contribution >= 4 is 16.5 Å². The molecule has 2 aromatic carbocycles. The first-order valence-electron chi connectivity index (χ1n) is 6.95. The van der Waals surface area contributed by atoms with Gasteiger partial charge in [0.05, 0.1) is 5.69 Å². The Hall–Kier alpha value is -1.61. The summed E-state index contributed by atoms with van der Waals surface area (Å²) in [4.78, 5) is 2.22. The smallest absolute Gasteiger partial charge is 0.147 e. The van der Waals surface area contributed by atoms with Gasteiger partial charge in [0.1, 0.15) is 5.82 Å². The van der Waals surface area contributed by atoms with E-state index in [-0.39, 0.29) is 5.82 Å². The highest BCUT2D eigenvalue weighted by Crippen LogP contribution is 2.33. The number of halogens is 1.